The van der Waals surface area contributed by atoms with Crippen molar-refractivity contribution in [3.05, 3.63) is 70.4 Å². The molecule has 6 nitrogen and oxygen atoms in total. The second-order valence-corrected chi connectivity index (χ2v) is 8.47. The van der Waals surface area contributed by atoms with Gasteiger partial charge in [0.15, 0.2) is 5.84 Å². The lowest BCUT2D eigenvalue weighted by Gasteiger charge is -2.21. The Balaban J connectivity index is 0.000000232. The maximum atomic E-state index is 10.4. The minimum absolute atomic E-state index is 0.0911. The summed E-state index contributed by atoms with van der Waals surface area (Å²) < 4.78 is 5.66. The van der Waals surface area contributed by atoms with E-state index in [9.17, 15) is 4.79 Å². The summed E-state index contributed by atoms with van der Waals surface area (Å²) in [5.41, 5.74) is 9.30. The molecular weight excluding hydrogens is 398 g/mol. The van der Waals surface area contributed by atoms with Crippen molar-refractivity contribution in [3.8, 4) is 16.9 Å². The fourth-order valence-electron chi connectivity index (χ4n) is 2.49. The molecule has 1 heterocycles. The number of amidine groups is 1. The fraction of sp³-hybridized carbons (Fsp3) is 0.217. The summed E-state index contributed by atoms with van der Waals surface area (Å²) in [6, 6.07) is 17.4. The van der Waals surface area contributed by atoms with Crippen LogP contribution in [0.15, 0.2) is 65.1 Å². The predicted octanol–water partition coefficient (Wildman–Crippen LogP) is 5.25. The van der Waals surface area contributed by atoms with E-state index in [1.54, 1.807) is 6.07 Å². The van der Waals surface area contributed by atoms with E-state index in [1.165, 1.54) is 16.9 Å². The van der Waals surface area contributed by atoms with Crippen molar-refractivity contribution in [2.45, 2.75) is 33.3 Å². The van der Waals surface area contributed by atoms with Crippen molar-refractivity contribution in [1.29, 1.82) is 0 Å². The minimum atomic E-state index is -0.102. The normalized spacial score (nSPS) is 11.3. The molecule has 0 aliphatic rings. The van der Waals surface area contributed by atoms with Crippen LogP contribution in [-0.4, -0.2) is 23.1 Å². The van der Waals surface area contributed by atoms with E-state index in [1.807, 2.05) is 62.5 Å². The van der Waals surface area contributed by atoms with E-state index in [2.05, 4.69) is 29.5 Å². The number of aryl methyl sites for hydroxylation is 1. The molecule has 1 aromatic heterocycles. The number of nitrogens with one attached hydrogen (secondary N) is 1. The van der Waals surface area contributed by atoms with Gasteiger partial charge in [-0.05, 0) is 74.5 Å². The number of oxime groups is 1. The van der Waals surface area contributed by atoms with Gasteiger partial charge in [-0.25, -0.2) is 0 Å². The first-order valence-corrected chi connectivity index (χ1v) is 10.2. The number of thiophene rings is 1. The highest BCUT2D eigenvalue weighted by atomic mass is 32.1. The van der Waals surface area contributed by atoms with Crippen LogP contribution in [0.2, 0.25) is 0 Å². The zero-order chi connectivity index (χ0) is 22.1. The molecule has 3 aromatic rings. The monoisotopic (exact) mass is 425 g/mol. The van der Waals surface area contributed by atoms with E-state index in [4.69, 9.17) is 15.7 Å². The van der Waals surface area contributed by atoms with Crippen LogP contribution in [0.4, 0.5) is 5.69 Å². The SMILES string of the molecule is Cc1ccc(OC(C)(C)C)cc1.N/C(=N/O)c1cc(-c2cccc(NC=O)c2)cs1. The zero-order valence-corrected chi connectivity index (χ0v) is 18.4. The minimum Gasteiger partial charge on any atom is -0.488 e. The van der Waals surface area contributed by atoms with E-state index in [0.717, 1.165) is 22.6 Å². The lowest BCUT2D eigenvalue weighted by molar-refractivity contribution is -0.105. The van der Waals surface area contributed by atoms with Gasteiger partial charge in [0.2, 0.25) is 6.41 Å². The third-order valence-electron chi connectivity index (χ3n) is 3.83. The number of anilines is 1. The zero-order valence-electron chi connectivity index (χ0n) is 17.5. The second kappa shape index (κ2) is 10.5. The number of carbonyl (C=O) groups excluding carboxylic acids is 1. The molecule has 0 saturated heterocycles. The molecule has 1 amide bonds. The van der Waals surface area contributed by atoms with Crippen molar-refractivity contribution >= 4 is 29.3 Å². The Bertz CT molecular complexity index is 989. The van der Waals surface area contributed by atoms with Gasteiger partial charge in [-0.1, -0.05) is 35.0 Å². The molecule has 30 heavy (non-hydrogen) atoms. The van der Waals surface area contributed by atoms with Gasteiger partial charge in [0.05, 0.1) is 4.88 Å². The van der Waals surface area contributed by atoms with Crippen LogP contribution in [0, 0.1) is 6.92 Å². The standard InChI is InChI=1S/C12H11N3O2S.C11H16O/c13-12(15-17)11-5-9(6-18-11)8-2-1-3-10(4-8)14-7-16;1-9-5-7-10(8-6-9)12-11(2,3)4/h1-7,17H,(H2,13,15)(H,14,16);5-8H,1-4H3. The average molecular weight is 426 g/mol. The molecular formula is C23H27N3O3S. The van der Waals surface area contributed by atoms with E-state index < -0.39 is 0 Å². The first-order chi connectivity index (χ1) is 14.2. The van der Waals surface area contributed by atoms with Crippen LogP contribution >= 0.6 is 11.3 Å². The van der Waals surface area contributed by atoms with Crippen LogP contribution < -0.4 is 15.8 Å². The van der Waals surface area contributed by atoms with Gasteiger partial charge in [-0.2, -0.15) is 0 Å². The van der Waals surface area contributed by atoms with Crippen LogP contribution in [0.5, 0.6) is 5.75 Å². The van der Waals surface area contributed by atoms with E-state index in [0.29, 0.717) is 11.3 Å². The Kier molecular flexibility index (Phi) is 8.00. The topological polar surface area (TPSA) is 96.9 Å². The van der Waals surface area contributed by atoms with Gasteiger partial charge in [0, 0.05) is 5.69 Å². The molecule has 3 rings (SSSR count). The first-order valence-electron chi connectivity index (χ1n) is 9.34. The van der Waals surface area contributed by atoms with Crippen molar-refractivity contribution in [2.75, 3.05) is 5.32 Å². The molecule has 0 aliphatic carbocycles. The Hall–Kier alpha value is -3.32. The molecule has 0 atom stereocenters. The predicted molar refractivity (Wildman–Crippen MR) is 124 cm³/mol. The number of nitrogens with zero attached hydrogens (tertiary/aromatic N) is 1. The van der Waals surface area contributed by atoms with Gasteiger partial charge in [-0.3, -0.25) is 4.79 Å². The number of hydrogen-bond acceptors (Lipinski definition) is 5. The quantitative estimate of drug-likeness (QED) is 0.171. The summed E-state index contributed by atoms with van der Waals surface area (Å²) in [4.78, 5) is 11.1. The molecule has 0 radical (unpaired) electrons. The summed E-state index contributed by atoms with van der Waals surface area (Å²) in [6.07, 6.45) is 0.633. The van der Waals surface area contributed by atoms with Crippen molar-refractivity contribution in [3.63, 3.8) is 0 Å². The molecule has 7 heteroatoms. The summed E-state index contributed by atoms with van der Waals surface area (Å²) in [7, 11) is 0. The third-order valence-corrected chi connectivity index (χ3v) is 4.78. The van der Waals surface area contributed by atoms with Crippen LogP contribution in [0.3, 0.4) is 0 Å². The van der Waals surface area contributed by atoms with Gasteiger partial charge in [0.1, 0.15) is 11.4 Å². The maximum Gasteiger partial charge on any atom is 0.211 e. The van der Waals surface area contributed by atoms with Crippen molar-refractivity contribution in [1.82, 2.24) is 0 Å². The van der Waals surface area contributed by atoms with Crippen LogP contribution in [-0.2, 0) is 4.79 Å². The van der Waals surface area contributed by atoms with Crippen LogP contribution in [0.25, 0.3) is 11.1 Å². The Morgan fingerprint density at radius 2 is 1.83 bits per heavy atom. The van der Waals surface area contributed by atoms with E-state index >= 15 is 0 Å². The fourth-order valence-corrected chi connectivity index (χ4v) is 3.30. The third kappa shape index (κ3) is 7.25. The highest BCUT2D eigenvalue weighted by Gasteiger charge is 2.10. The Morgan fingerprint density at radius 1 is 1.13 bits per heavy atom. The molecule has 0 fully saturated rings. The Labute approximate surface area is 181 Å². The molecule has 0 spiro atoms. The average Bonchev–Trinajstić information content (AvgIpc) is 3.19. The summed E-state index contributed by atoms with van der Waals surface area (Å²) in [6.45, 7) is 8.22. The highest BCUT2D eigenvalue weighted by Crippen LogP contribution is 2.27. The molecule has 0 saturated carbocycles. The smallest absolute Gasteiger partial charge is 0.211 e. The Morgan fingerprint density at radius 3 is 2.43 bits per heavy atom. The summed E-state index contributed by atoms with van der Waals surface area (Å²) in [5.74, 6) is 1.03. The molecule has 0 aliphatic heterocycles. The number of nitrogens with two attached hydrogens (primary N) is 1. The number of amides is 1. The van der Waals surface area contributed by atoms with E-state index in [-0.39, 0.29) is 11.4 Å². The number of rotatable bonds is 5. The number of benzene rings is 2. The number of carbonyl (C=O) groups is 1. The highest BCUT2D eigenvalue weighted by molar-refractivity contribution is 7.12. The van der Waals surface area contributed by atoms with Gasteiger partial charge < -0.3 is 21.0 Å². The molecule has 4 N–H and O–H groups in total. The first kappa shape index (κ1) is 23.0. The molecule has 2 aromatic carbocycles. The van der Waals surface area contributed by atoms with Gasteiger partial charge in [-0.15, -0.1) is 11.3 Å². The van der Waals surface area contributed by atoms with Crippen molar-refractivity contribution < 1.29 is 14.7 Å². The summed E-state index contributed by atoms with van der Waals surface area (Å²) >= 11 is 1.39. The van der Waals surface area contributed by atoms with Crippen LogP contribution in [0.1, 0.15) is 31.2 Å². The largest absolute Gasteiger partial charge is 0.488 e. The van der Waals surface area contributed by atoms with Gasteiger partial charge in [0.25, 0.3) is 0 Å². The second-order valence-electron chi connectivity index (χ2n) is 7.56. The molecule has 0 bridgehead atoms. The number of hydrogen-bond donors (Lipinski definition) is 3. The molecule has 0 unspecified atom stereocenters. The maximum absolute atomic E-state index is 10.4. The van der Waals surface area contributed by atoms with Gasteiger partial charge >= 0.3 is 0 Å². The lowest BCUT2D eigenvalue weighted by atomic mass is 10.1. The van der Waals surface area contributed by atoms with Crippen molar-refractivity contribution in [2.24, 2.45) is 10.9 Å². The lowest BCUT2D eigenvalue weighted by Crippen LogP contribution is -2.22. The summed E-state index contributed by atoms with van der Waals surface area (Å²) in [5, 5.41) is 16.1. The molecule has 158 valence electrons. The number of ether oxygens (including phenoxy) is 1.